The van der Waals surface area contributed by atoms with E-state index in [9.17, 15) is 9.90 Å². The lowest BCUT2D eigenvalue weighted by molar-refractivity contribution is -0.123. The average Bonchev–Trinajstić information content (AvgIpc) is 2.44. The highest BCUT2D eigenvalue weighted by atomic mass is 16.5. The van der Waals surface area contributed by atoms with Crippen molar-refractivity contribution in [2.24, 2.45) is 5.73 Å². The topological polar surface area (TPSA) is 93.8 Å². The van der Waals surface area contributed by atoms with Crippen molar-refractivity contribution in [2.45, 2.75) is 32.1 Å². The van der Waals surface area contributed by atoms with Gasteiger partial charge in [-0.25, -0.2) is 0 Å². The van der Waals surface area contributed by atoms with Crippen LogP contribution in [0.25, 0.3) is 0 Å². The van der Waals surface area contributed by atoms with Gasteiger partial charge < -0.3 is 25.6 Å². The third-order valence-electron chi connectivity index (χ3n) is 2.77. The standard InChI is InChI=1S/C15H24N2O4/c1-10(2)21-12-6-4-5-11(7-12)14(18)8-17-15(19)13(16)9-20-3/h4-7,10,13-14,18H,8-9,16H2,1-3H3,(H,17,19). The molecule has 0 fully saturated rings. The second kappa shape index (κ2) is 8.61. The molecule has 1 aromatic carbocycles. The van der Waals surface area contributed by atoms with Crippen molar-refractivity contribution in [3.8, 4) is 5.75 Å². The molecule has 2 atom stereocenters. The van der Waals surface area contributed by atoms with E-state index in [2.05, 4.69) is 5.32 Å². The summed E-state index contributed by atoms with van der Waals surface area (Å²) in [5.74, 6) is 0.328. The molecule has 0 aliphatic carbocycles. The number of carbonyl (C=O) groups is 1. The molecule has 0 spiro atoms. The van der Waals surface area contributed by atoms with E-state index in [0.717, 1.165) is 0 Å². The first kappa shape index (κ1) is 17.4. The highest BCUT2D eigenvalue weighted by molar-refractivity contribution is 5.81. The Morgan fingerprint density at radius 2 is 2.14 bits per heavy atom. The van der Waals surface area contributed by atoms with Crippen LogP contribution in [-0.2, 0) is 9.53 Å². The molecule has 1 aromatic rings. The van der Waals surface area contributed by atoms with E-state index >= 15 is 0 Å². The van der Waals surface area contributed by atoms with E-state index in [1.165, 1.54) is 7.11 Å². The molecule has 0 saturated heterocycles. The Morgan fingerprint density at radius 1 is 1.43 bits per heavy atom. The van der Waals surface area contributed by atoms with Crippen LogP contribution in [0.1, 0.15) is 25.5 Å². The van der Waals surface area contributed by atoms with Gasteiger partial charge in [0, 0.05) is 13.7 Å². The smallest absolute Gasteiger partial charge is 0.239 e. The minimum Gasteiger partial charge on any atom is -0.491 e. The number of nitrogens with one attached hydrogen (secondary N) is 1. The minimum absolute atomic E-state index is 0.0594. The van der Waals surface area contributed by atoms with Gasteiger partial charge in [0.05, 0.1) is 18.8 Å². The maximum absolute atomic E-state index is 11.6. The molecule has 6 heteroatoms. The summed E-state index contributed by atoms with van der Waals surface area (Å²) in [5.41, 5.74) is 6.27. The van der Waals surface area contributed by atoms with Crippen molar-refractivity contribution in [1.82, 2.24) is 5.32 Å². The van der Waals surface area contributed by atoms with Crippen molar-refractivity contribution in [3.63, 3.8) is 0 Å². The number of methoxy groups -OCH3 is 1. The average molecular weight is 296 g/mol. The van der Waals surface area contributed by atoms with E-state index in [4.69, 9.17) is 15.2 Å². The number of benzene rings is 1. The fraction of sp³-hybridized carbons (Fsp3) is 0.533. The van der Waals surface area contributed by atoms with Gasteiger partial charge in [0.25, 0.3) is 0 Å². The highest BCUT2D eigenvalue weighted by Gasteiger charge is 2.15. The normalized spacial score (nSPS) is 13.8. The summed E-state index contributed by atoms with van der Waals surface area (Å²) in [6.45, 7) is 4.09. The highest BCUT2D eigenvalue weighted by Crippen LogP contribution is 2.19. The van der Waals surface area contributed by atoms with E-state index in [0.29, 0.717) is 11.3 Å². The zero-order valence-corrected chi connectivity index (χ0v) is 12.7. The molecular formula is C15H24N2O4. The summed E-state index contributed by atoms with van der Waals surface area (Å²) in [6, 6.07) is 6.42. The van der Waals surface area contributed by atoms with Gasteiger partial charge in [-0.3, -0.25) is 4.79 Å². The molecule has 0 radical (unpaired) electrons. The van der Waals surface area contributed by atoms with Gasteiger partial charge in [-0.2, -0.15) is 0 Å². The molecular weight excluding hydrogens is 272 g/mol. The lowest BCUT2D eigenvalue weighted by Crippen LogP contribution is -2.44. The SMILES string of the molecule is COCC(N)C(=O)NCC(O)c1cccc(OC(C)C)c1. The maximum Gasteiger partial charge on any atom is 0.239 e. The lowest BCUT2D eigenvalue weighted by atomic mass is 10.1. The molecule has 1 amide bonds. The molecule has 6 nitrogen and oxygen atoms in total. The Hall–Kier alpha value is -1.63. The number of carbonyl (C=O) groups excluding carboxylic acids is 1. The van der Waals surface area contributed by atoms with Gasteiger partial charge >= 0.3 is 0 Å². The summed E-state index contributed by atoms with van der Waals surface area (Å²) in [6.07, 6.45) is -0.761. The minimum atomic E-state index is -0.820. The Labute approximate surface area is 125 Å². The van der Waals surface area contributed by atoms with E-state index in [1.54, 1.807) is 18.2 Å². The molecule has 0 saturated carbocycles. The Balaban J connectivity index is 2.55. The largest absolute Gasteiger partial charge is 0.491 e. The number of aliphatic hydroxyl groups is 1. The molecule has 1 rings (SSSR count). The zero-order valence-electron chi connectivity index (χ0n) is 12.7. The Kier molecular flexibility index (Phi) is 7.14. The number of ether oxygens (including phenoxy) is 2. The number of aliphatic hydroxyl groups excluding tert-OH is 1. The first-order chi connectivity index (χ1) is 9.93. The van der Waals surface area contributed by atoms with Crippen LogP contribution in [0.15, 0.2) is 24.3 Å². The van der Waals surface area contributed by atoms with Crippen LogP contribution >= 0.6 is 0 Å². The van der Waals surface area contributed by atoms with Crippen molar-refractivity contribution < 1.29 is 19.4 Å². The van der Waals surface area contributed by atoms with Crippen molar-refractivity contribution in [3.05, 3.63) is 29.8 Å². The zero-order chi connectivity index (χ0) is 15.8. The summed E-state index contributed by atoms with van der Waals surface area (Å²) in [7, 11) is 1.47. The van der Waals surface area contributed by atoms with Gasteiger partial charge in [-0.05, 0) is 31.5 Å². The van der Waals surface area contributed by atoms with Crippen LogP contribution in [0.4, 0.5) is 0 Å². The van der Waals surface area contributed by atoms with Gasteiger partial charge in [0.2, 0.25) is 5.91 Å². The third kappa shape index (κ3) is 6.12. The van der Waals surface area contributed by atoms with Gasteiger partial charge in [0.1, 0.15) is 11.8 Å². The maximum atomic E-state index is 11.6. The van der Waals surface area contributed by atoms with Crippen LogP contribution in [0, 0.1) is 0 Å². The first-order valence-corrected chi connectivity index (χ1v) is 6.91. The number of nitrogens with two attached hydrogens (primary N) is 1. The second-order valence-electron chi connectivity index (χ2n) is 5.06. The molecule has 0 aliphatic rings. The summed E-state index contributed by atoms with van der Waals surface area (Å²) >= 11 is 0. The molecule has 2 unspecified atom stereocenters. The molecule has 0 heterocycles. The summed E-state index contributed by atoms with van der Waals surface area (Å²) in [5, 5.41) is 12.7. The predicted octanol–water partition coefficient (Wildman–Crippen LogP) is 0.597. The number of hydrogen-bond acceptors (Lipinski definition) is 5. The second-order valence-corrected chi connectivity index (χ2v) is 5.06. The van der Waals surface area contributed by atoms with Crippen molar-refractivity contribution >= 4 is 5.91 Å². The fourth-order valence-electron chi connectivity index (χ4n) is 1.77. The molecule has 0 bridgehead atoms. The molecule has 118 valence electrons. The van der Waals surface area contributed by atoms with Crippen LogP contribution in [-0.4, -0.2) is 43.4 Å². The lowest BCUT2D eigenvalue weighted by Gasteiger charge is -2.16. The Bertz CT molecular complexity index is 451. The summed E-state index contributed by atoms with van der Waals surface area (Å²) in [4.78, 5) is 11.6. The predicted molar refractivity (Wildman–Crippen MR) is 80.0 cm³/mol. The third-order valence-corrected chi connectivity index (χ3v) is 2.77. The van der Waals surface area contributed by atoms with Crippen molar-refractivity contribution in [1.29, 1.82) is 0 Å². The number of amides is 1. The number of hydrogen-bond donors (Lipinski definition) is 3. The van der Waals surface area contributed by atoms with E-state index in [1.807, 2.05) is 19.9 Å². The van der Waals surface area contributed by atoms with Gasteiger partial charge in [0.15, 0.2) is 0 Å². The Morgan fingerprint density at radius 3 is 2.76 bits per heavy atom. The molecule has 21 heavy (non-hydrogen) atoms. The monoisotopic (exact) mass is 296 g/mol. The van der Waals surface area contributed by atoms with Crippen LogP contribution in [0.3, 0.4) is 0 Å². The van der Waals surface area contributed by atoms with E-state index in [-0.39, 0.29) is 25.2 Å². The van der Waals surface area contributed by atoms with Gasteiger partial charge in [-0.15, -0.1) is 0 Å². The summed E-state index contributed by atoms with van der Waals surface area (Å²) < 4.78 is 10.4. The number of rotatable bonds is 8. The fourth-order valence-corrected chi connectivity index (χ4v) is 1.77. The van der Waals surface area contributed by atoms with Gasteiger partial charge in [-0.1, -0.05) is 12.1 Å². The van der Waals surface area contributed by atoms with Crippen LogP contribution in [0.2, 0.25) is 0 Å². The van der Waals surface area contributed by atoms with Crippen LogP contribution < -0.4 is 15.8 Å². The van der Waals surface area contributed by atoms with Crippen molar-refractivity contribution in [2.75, 3.05) is 20.3 Å². The quantitative estimate of drug-likeness (QED) is 0.653. The van der Waals surface area contributed by atoms with Crippen LogP contribution in [0.5, 0.6) is 5.75 Å². The molecule has 0 aromatic heterocycles. The first-order valence-electron chi connectivity index (χ1n) is 6.91. The molecule has 0 aliphatic heterocycles. The molecule has 4 N–H and O–H groups in total. The van der Waals surface area contributed by atoms with E-state index < -0.39 is 12.1 Å².